The second-order valence-electron chi connectivity index (χ2n) is 4.89. The number of nitrogens with zero attached hydrogens (tertiary/aromatic N) is 1. The molecule has 2 aromatic rings. The molecule has 0 fully saturated rings. The van der Waals surface area contributed by atoms with Crippen molar-refractivity contribution in [2.24, 2.45) is 4.99 Å². The molecule has 0 aliphatic heterocycles. The summed E-state index contributed by atoms with van der Waals surface area (Å²) in [5, 5.41) is 0. The van der Waals surface area contributed by atoms with Gasteiger partial charge in [-0.3, -0.25) is 4.99 Å². The van der Waals surface area contributed by atoms with Crippen molar-refractivity contribution in [1.29, 1.82) is 0 Å². The lowest BCUT2D eigenvalue weighted by molar-refractivity contribution is 0.0763. The van der Waals surface area contributed by atoms with Crippen molar-refractivity contribution in [2.45, 2.75) is 25.7 Å². The average Bonchev–Trinajstić information content (AvgIpc) is 2.53. The molecule has 1 nitrogen and oxygen atoms in total. The Morgan fingerprint density at radius 1 is 0.952 bits per heavy atom. The van der Waals surface area contributed by atoms with Crippen LogP contribution in [0.2, 0.25) is 0 Å². The molecule has 21 heavy (non-hydrogen) atoms. The van der Waals surface area contributed by atoms with Gasteiger partial charge in [0.25, 0.3) is 0 Å². The summed E-state index contributed by atoms with van der Waals surface area (Å²) in [5.74, 6) is -3.09. The molecule has 2 aromatic carbocycles. The first-order chi connectivity index (χ1) is 10.2. The Kier molecular flexibility index (Phi) is 5.20. The van der Waals surface area contributed by atoms with Crippen molar-refractivity contribution in [3.05, 3.63) is 71.8 Å². The lowest BCUT2D eigenvalue weighted by atomic mass is 9.98. The minimum Gasteiger partial charge on any atom is -0.282 e. The molecule has 0 heterocycles. The van der Waals surface area contributed by atoms with Gasteiger partial charge in [-0.2, -0.15) is 8.78 Å². The molecule has 0 atom stereocenters. The molecule has 0 aromatic heterocycles. The number of hydrogen-bond donors (Lipinski definition) is 0. The van der Waals surface area contributed by atoms with E-state index in [-0.39, 0.29) is 11.3 Å². The van der Waals surface area contributed by atoms with E-state index in [9.17, 15) is 8.78 Å². The summed E-state index contributed by atoms with van der Waals surface area (Å²) in [6, 6.07) is 16.6. The zero-order chi connectivity index (χ0) is 15.1. The Balaban J connectivity index is 2.42. The van der Waals surface area contributed by atoms with Crippen molar-refractivity contribution < 1.29 is 8.78 Å². The molecule has 0 saturated carbocycles. The lowest BCUT2D eigenvalue weighted by Gasteiger charge is -2.20. The molecule has 0 N–H and O–H groups in total. The van der Waals surface area contributed by atoms with E-state index < -0.39 is 5.92 Å². The summed E-state index contributed by atoms with van der Waals surface area (Å²) in [5.41, 5.74) is 0.300. The number of rotatable bonds is 6. The Labute approximate surface area is 124 Å². The number of halogens is 2. The zero-order valence-corrected chi connectivity index (χ0v) is 12.1. The van der Waals surface area contributed by atoms with Crippen LogP contribution in [0.5, 0.6) is 0 Å². The Morgan fingerprint density at radius 3 is 2.10 bits per heavy atom. The first-order valence-electron chi connectivity index (χ1n) is 7.20. The fourth-order valence-electron chi connectivity index (χ4n) is 2.10. The maximum Gasteiger partial charge on any atom is 0.315 e. The van der Waals surface area contributed by atoms with Crippen molar-refractivity contribution in [3.8, 4) is 0 Å². The summed E-state index contributed by atoms with van der Waals surface area (Å²) >= 11 is 0. The van der Waals surface area contributed by atoms with Gasteiger partial charge in [0, 0.05) is 17.7 Å². The zero-order valence-electron chi connectivity index (χ0n) is 12.1. The van der Waals surface area contributed by atoms with Gasteiger partial charge in [-0.1, -0.05) is 74.0 Å². The van der Waals surface area contributed by atoms with Crippen molar-refractivity contribution in [3.63, 3.8) is 0 Å². The third kappa shape index (κ3) is 3.75. The molecule has 0 saturated heterocycles. The van der Waals surface area contributed by atoms with Crippen LogP contribution in [0.1, 0.15) is 30.9 Å². The largest absolute Gasteiger partial charge is 0.315 e. The highest BCUT2D eigenvalue weighted by molar-refractivity contribution is 6.06. The molecule has 110 valence electrons. The normalized spacial score (nSPS) is 12.4. The minimum absolute atomic E-state index is 0.0240. The van der Waals surface area contributed by atoms with E-state index in [1.54, 1.807) is 42.5 Å². The Morgan fingerprint density at radius 2 is 1.52 bits per heavy atom. The standard InChI is InChI=1S/C18H19F2N/c1-2-3-14-21-17(15-10-6-4-7-11-15)18(19,20)16-12-8-5-9-13-16/h4-13H,2-3,14H2,1H3. The summed E-state index contributed by atoms with van der Waals surface area (Å²) in [7, 11) is 0. The molecule has 0 amide bonds. The second-order valence-corrected chi connectivity index (χ2v) is 4.89. The van der Waals surface area contributed by atoms with Gasteiger partial charge in [0.1, 0.15) is 5.71 Å². The van der Waals surface area contributed by atoms with Gasteiger partial charge >= 0.3 is 5.92 Å². The van der Waals surface area contributed by atoms with Crippen LogP contribution in [0.25, 0.3) is 0 Å². The maximum absolute atomic E-state index is 14.8. The molecule has 0 bridgehead atoms. The molecular weight excluding hydrogens is 268 g/mol. The van der Waals surface area contributed by atoms with Crippen LogP contribution in [0.3, 0.4) is 0 Å². The summed E-state index contributed by atoms with van der Waals surface area (Å²) in [6.07, 6.45) is 1.74. The second kappa shape index (κ2) is 7.11. The number of aliphatic imine (C=N–C) groups is 1. The van der Waals surface area contributed by atoms with Crippen LogP contribution in [0.15, 0.2) is 65.7 Å². The molecule has 3 heteroatoms. The SMILES string of the molecule is CCCCN=C(c1ccccc1)C(F)(F)c1ccccc1. The fourth-order valence-corrected chi connectivity index (χ4v) is 2.10. The smallest absolute Gasteiger partial charge is 0.282 e. The van der Waals surface area contributed by atoms with Crippen LogP contribution >= 0.6 is 0 Å². The third-order valence-corrected chi connectivity index (χ3v) is 3.26. The molecule has 0 aliphatic rings. The van der Waals surface area contributed by atoms with Gasteiger partial charge in [0.2, 0.25) is 0 Å². The summed E-state index contributed by atoms with van der Waals surface area (Å²) in [6.45, 7) is 2.44. The van der Waals surface area contributed by atoms with Crippen molar-refractivity contribution in [2.75, 3.05) is 6.54 Å². The Hall–Kier alpha value is -2.03. The van der Waals surface area contributed by atoms with Crippen LogP contribution in [-0.2, 0) is 5.92 Å². The van der Waals surface area contributed by atoms with Crippen LogP contribution < -0.4 is 0 Å². The predicted octanol–water partition coefficient (Wildman–Crippen LogP) is 5.07. The highest BCUT2D eigenvalue weighted by Gasteiger charge is 2.38. The Bertz CT molecular complexity index is 577. The van der Waals surface area contributed by atoms with Crippen LogP contribution in [0, 0.1) is 0 Å². The first-order valence-corrected chi connectivity index (χ1v) is 7.20. The maximum atomic E-state index is 14.8. The van der Waals surface area contributed by atoms with E-state index in [0.717, 1.165) is 12.8 Å². The van der Waals surface area contributed by atoms with E-state index in [2.05, 4.69) is 4.99 Å². The number of benzene rings is 2. The molecule has 0 spiro atoms. The average molecular weight is 287 g/mol. The number of hydrogen-bond acceptors (Lipinski definition) is 1. The third-order valence-electron chi connectivity index (χ3n) is 3.26. The van der Waals surface area contributed by atoms with E-state index in [1.807, 2.05) is 13.0 Å². The quantitative estimate of drug-likeness (QED) is 0.519. The van der Waals surface area contributed by atoms with Gasteiger partial charge in [0.05, 0.1) is 0 Å². The molecule has 0 radical (unpaired) electrons. The number of alkyl halides is 2. The van der Waals surface area contributed by atoms with Crippen LogP contribution in [-0.4, -0.2) is 12.3 Å². The van der Waals surface area contributed by atoms with Gasteiger partial charge in [-0.15, -0.1) is 0 Å². The van der Waals surface area contributed by atoms with E-state index in [0.29, 0.717) is 12.1 Å². The highest BCUT2D eigenvalue weighted by atomic mass is 19.3. The monoisotopic (exact) mass is 287 g/mol. The van der Waals surface area contributed by atoms with E-state index in [4.69, 9.17) is 0 Å². The van der Waals surface area contributed by atoms with Gasteiger partial charge in [-0.05, 0) is 6.42 Å². The minimum atomic E-state index is -3.09. The highest BCUT2D eigenvalue weighted by Crippen LogP contribution is 2.32. The lowest BCUT2D eigenvalue weighted by Crippen LogP contribution is -2.27. The summed E-state index contributed by atoms with van der Waals surface area (Å²) < 4.78 is 29.6. The number of unbranched alkanes of at least 4 members (excludes halogenated alkanes) is 1. The van der Waals surface area contributed by atoms with Gasteiger partial charge in [-0.25, -0.2) is 0 Å². The first kappa shape index (κ1) is 15.4. The molecule has 0 unspecified atom stereocenters. The predicted molar refractivity (Wildman–Crippen MR) is 83.1 cm³/mol. The fraction of sp³-hybridized carbons (Fsp3) is 0.278. The summed E-state index contributed by atoms with van der Waals surface area (Å²) in [4.78, 5) is 4.20. The van der Waals surface area contributed by atoms with E-state index >= 15 is 0 Å². The molecule has 0 aliphatic carbocycles. The van der Waals surface area contributed by atoms with Crippen LogP contribution in [0.4, 0.5) is 8.78 Å². The van der Waals surface area contributed by atoms with Crippen molar-refractivity contribution in [1.82, 2.24) is 0 Å². The molecule has 2 rings (SSSR count). The topological polar surface area (TPSA) is 12.4 Å². The molecular formula is C18H19F2N. The van der Waals surface area contributed by atoms with Gasteiger partial charge in [0.15, 0.2) is 0 Å². The van der Waals surface area contributed by atoms with E-state index in [1.165, 1.54) is 12.1 Å². The van der Waals surface area contributed by atoms with Gasteiger partial charge < -0.3 is 0 Å². The van der Waals surface area contributed by atoms with Crippen molar-refractivity contribution >= 4 is 5.71 Å².